The number of nitrogens with one attached hydrogen (secondary N) is 1. The van der Waals surface area contributed by atoms with Crippen molar-refractivity contribution < 1.29 is 4.74 Å². The molecule has 0 saturated carbocycles. The first-order valence-electron chi connectivity index (χ1n) is 6.76. The van der Waals surface area contributed by atoms with Crippen molar-refractivity contribution in [1.82, 2.24) is 5.32 Å². The fraction of sp³-hybridized carbons (Fsp3) is 0.600. The molecule has 1 aliphatic rings. The minimum absolute atomic E-state index is 0.182. The second-order valence-corrected chi connectivity index (χ2v) is 7.07. The smallest absolute Gasteiger partial charge is 0.0538 e. The van der Waals surface area contributed by atoms with Gasteiger partial charge in [0.05, 0.1) is 6.61 Å². The summed E-state index contributed by atoms with van der Waals surface area (Å²) < 4.78 is 6.66. The molecule has 2 nitrogen and oxygen atoms in total. The number of halogens is 2. The van der Waals surface area contributed by atoms with Crippen molar-refractivity contribution >= 4 is 27.5 Å². The Labute approximate surface area is 129 Å². The lowest BCUT2D eigenvalue weighted by molar-refractivity contribution is 0.148. The predicted octanol–water partition coefficient (Wildman–Crippen LogP) is 4.05. The monoisotopic (exact) mass is 345 g/mol. The Hall–Kier alpha value is -0.0900. The van der Waals surface area contributed by atoms with E-state index in [2.05, 4.69) is 47.2 Å². The van der Waals surface area contributed by atoms with Gasteiger partial charge >= 0.3 is 0 Å². The normalized spacial score (nSPS) is 23.2. The Kier molecular flexibility index (Phi) is 5.29. The summed E-state index contributed by atoms with van der Waals surface area (Å²) in [5, 5.41) is 4.39. The van der Waals surface area contributed by atoms with E-state index >= 15 is 0 Å². The predicted molar refractivity (Wildman–Crippen MR) is 83.9 cm³/mol. The summed E-state index contributed by atoms with van der Waals surface area (Å²) in [7, 11) is 0. The highest BCUT2D eigenvalue weighted by Gasteiger charge is 2.35. The third-order valence-electron chi connectivity index (χ3n) is 3.65. The highest BCUT2D eigenvalue weighted by atomic mass is 79.9. The van der Waals surface area contributed by atoms with Crippen LogP contribution in [0, 0.1) is 5.41 Å². The summed E-state index contributed by atoms with van der Waals surface area (Å²) in [6.07, 6.45) is 2.07. The van der Waals surface area contributed by atoms with Gasteiger partial charge in [-0.2, -0.15) is 0 Å². The molecule has 0 amide bonds. The molecule has 1 aromatic carbocycles. The van der Waals surface area contributed by atoms with Gasteiger partial charge in [-0.25, -0.2) is 0 Å². The highest BCUT2D eigenvalue weighted by molar-refractivity contribution is 9.10. The van der Waals surface area contributed by atoms with Crippen LogP contribution in [0.1, 0.15) is 25.8 Å². The van der Waals surface area contributed by atoms with Gasteiger partial charge in [0.25, 0.3) is 0 Å². The second kappa shape index (κ2) is 6.57. The average Bonchev–Trinajstić information content (AvgIpc) is 2.80. The summed E-state index contributed by atoms with van der Waals surface area (Å²) in [5.74, 6) is 0. The van der Waals surface area contributed by atoms with Gasteiger partial charge in [0.2, 0.25) is 0 Å². The zero-order valence-electron chi connectivity index (χ0n) is 11.5. The molecule has 1 heterocycles. The van der Waals surface area contributed by atoms with Crippen LogP contribution in [0.2, 0.25) is 5.02 Å². The molecule has 4 heteroatoms. The maximum Gasteiger partial charge on any atom is 0.0538 e. The summed E-state index contributed by atoms with van der Waals surface area (Å²) >= 11 is 9.79. The van der Waals surface area contributed by atoms with Gasteiger partial charge in [-0.15, -0.1) is 0 Å². The first-order chi connectivity index (χ1) is 9.01. The molecule has 1 aliphatic heterocycles. The van der Waals surface area contributed by atoms with Crippen molar-refractivity contribution in [3.05, 3.63) is 33.3 Å². The third kappa shape index (κ3) is 4.19. The quantitative estimate of drug-likeness (QED) is 0.868. The first kappa shape index (κ1) is 15.3. The van der Waals surface area contributed by atoms with Crippen LogP contribution >= 0.6 is 27.5 Å². The lowest BCUT2D eigenvalue weighted by atomic mass is 9.80. The molecule has 0 spiro atoms. The zero-order valence-corrected chi connectivity index (χ0v) is 13.9. The largest absolute Gasteiger partial charge is 0.381 e. The van der Waals surface area contributed by atoms with Crippen LogP contribution in [0.25, 0.3) is 0 Å². The highest BCUT2D eigenvalue weighted by Crippen LogP contribution is 2.35. The molecule has 1 aromatic rings. The molecule has 1 saturated heterocycles. The van der Waals surface area contributed by atoms with E-state index in [0.29, 0.717) is 6.04 Å². The molecular formula is C15H21BrClNO. The fourth-order valence-corrected chi connectivity index (χ4v) is 3.22. The summed E-state index contributed by atoms with van der Waals surface area (Å²) in [6.45, 7) is 7.01. The van der Waals surface area contributed by atoms with Crippen molar-refractivity contribution in [3.8, 4) is 0 Å². The fourth-order valence-electron chi connectivity index (χ4n) is 2.48. The molecular weight excluding hydrogens is 326 g/mol. The standard InChI is InChI=1S/C15H21BrClNO/c1-11(2)18-9-15(5-6-19-10-15)8-12-3-4-13(16)7-14(12)17/h3-4,7,11,18H,5-6,8-10H2,1-2H3. The Morgan fingerprint density at radius 1 is 1.47 bits per heavy atom. The van der Waals surface area contributed by atoms with Crippen LogP contribution in [0.15, 0.2) is 22.7 Å². The molecule has 1 N–H and O–H groups in total. The number of rotatable bonds is 5. The Morgan fingerprint density at radius 2 is 2.26 bits per heavy atom. The maximum atomic E-state index is 6.34. The maximum absolute atomic E-state index is 6.34. The molecule has 106 valence electrons. The van der Waals surface area contributed by atoms with Crippen LogP contribution in [0.5, 0.6) is 0 Å². The van der Waals surface area contributed by atoms with E-state index in [1.165, 1.54) is 5.56 Å². The lowest BCUT2D eigenvalue weighted by Crippen LogP contribution is -2.39. The summed E-state index contributed by atoms with van der Waals surface area (Å²) in [4.78, 5) is 0. The van der Waals surface area contributed by atoms with Crippen molar-refractivity contribution in [2.75, 3.05) is 19.8 Å². The minimum Gasteiger partial charge on any atom is -0.381 e. The van der Waals surface area contributed by atoms with Gasteiger partial charge in [-0.1, -0.05) is 47.4 Å². The number of ether oxygens (including phenoxy) is 1. The Bertz CT molecular complexity index is 430. The topological polar surface area (TPSA) is 21.3 Å². The molecule has 1 atom stereocenters. The van der Waals surface area contributed by atoms with Crippen LogP contribution in [-0.4, -0.2) is 25.8 Å². The van der Waals surface area contributed by atoms with Crippen molar-refractivity contribution in [3.63, 3.8) is 0 Å². The van der Waals surface area contributed by atoms with Gasteiger partial charge in [0, 0.05) is 34.1 Å². The third-order valence-corrected chi connectivity index (χ3v) is 4.50. The van der Waals surface area contributed by atoms with E-state index in [1.807, 2.05) is 6.07 Å². The molecule has 0 aromatic heterocycles. The Morgan fingerprint density at radius 3 is 2.84 bits per heavy atom. The zero-order chi connectivity index (χ0) is 13.9. The number of hydrogen-bond acceptors (Lipinski definition) is 2. The molecule has 0 aliphatic carbocycles. The average molecular weight is 347 g/mol. The molecule has 2 rings (SSSR count). The van der Waals surface area contributed by atoms with Crippen LogP contribution < -0.4 is 5.32 Å². The van der Waals surface area contributed by atoms with Gasteiger partial charge < -0.3 is 10.1 Å². The van der Waals surface area contributed by atoms with E-state index < -0.39 is 0 Å². The number of hydrogen-bond donors (Lipinski definition) is 1. The van der Waals surface area contributed by atoms with E-state index in [4.69, 9.17) is 16.3 Å². The van der Waals surface area contributed by atoms with E-state index in [9.17, 15) is 0 Å². The van der Waals surface area contributed by atoms with Crippen LogP contribution in [0.4, 0.5) is 0 Å². The minimum atomic E-state index is 0.182. The molecule has 19 heavy (non-hydrogen) atoms. The molecule has 1 unspecified atom stereocenters. The molecule has 1 fully saturated rings. The van der Waals surface area contributed by atoms with Crippen molar-refractivity contribution in [2.45, 2.75) is 32.7 Å². The van der Waals surface area contributed by atoms with Gasteiger partial charge in [-0.3, -0.25) is 0 Å². The van der Waals surface area contributed by atoms with Gasteiger partial charge in [-0.05, 0) is 30.5 Å². The molecule has 0 bridgehead atoms. The first-order valence-corrected chi connectivity index (χ1v) is 7.93. The number of benzene rings is 1. The molecule has 0 radical (unpaired) electrons. The lowest BCUT2D eigenvalue weighted by Gasteiger charge is -2.29. The van der Waals surface area contributed by atoms with Crippen LogP contribution in [-0.2, 0) is 11.2 Å². The van der Waals surface area contributed by atoms with Gasteiger partial charge in [0.15, 0.2) is 0 Å². The summed E-state index contributed by atoms with van der Waals surface area (Å²) in [6, 6.07) is 6.64. The Balaban J connectivity index is 2.11. The van der Waals surface area contributed by atoms with E-state index in [1.54, 1.807) is 0 Å². The van der Waals surface area contributed by atoms with Crippen LogP contribution in [0.3, 0.4) is 0 Å². The van der Waals surface area contributed by atoms with E-state index in [-0.39, 0.29) is 5.41 Å². The van der Waals surface area contributed by atoms with E-state index in [0.717, 1.165) is 42.1 Å². The summed E-state index contributed by atoms with van der Waals surface area (Å²) in [5.41, 5.74) is 1.39. The van der Waals surface area contributed by atoms with Gasteiger partial charge in [0.1, 0.15) is 0 Å². The second-order valence-electron chi connectivity index (χ2n) is 5.75. The van der Waals surface area contributed by atoms with Crippen molar-refractivity contribution in [1.29, 1.82) is 0 Å². The van der Waals surface area contributed by atoms with Crippen molar-refractivity contribution in [2.24, 2.45) is 5.41 Å². The SMILES string of the molecule is CC(C)NCC1(Cc2ccc(Br)cc2Cl)CCOC1.